The Morgan fingerprint density at radius 1 is 1.21 bits per heavy atom. The lowest BCUT2D eigenvalue weighted by molar-refractivity contribution is -0.0316. The SMILES string of the molecule is CC(C)CNCC(CC1CCC(C)(C)O1)C(C)(C)C. The molecule has 0 aliphatic carbocycles. The second-order valence-corrected chi connectivity index (χ2v) is 8.39. The third kappa shape index (κ3) is 6.27. The van der Waals surface area contributed by atoms with E-state index in [-0.39, 0.29) is 5.60 Å². The molecule has 1 fully saturated rings. The Morgan fingerprint density at radius 3 is 2.26 bits per heavy atom. The van der Waals surface area contributed by atoms with Gasteiger partial charge in [-0.05, 0) is 63.5 Å². The number of nitrogens with one attached hydrogen (secondary N) is 1. The molecule has 19 heavy (non-hydrogen) atoms. The van der Waals surface area contributed by atoms with Crippen LogP contribution in [0.15, 0.2) is 0 Å². The predicted octanol–water partition coefficient (Wildman–Crippen LogP) is 4.24. The lowest BCUT2D eigenvalue weighted by Crippen LogP contribution is -2.36. The van der Waals surface area contributed by atoms with Gasteiger partial charge in [0, 0.05) is 0 Å². The van der Waals surface area contributed by atoms with Crippen molar-refractivity contribution < 1.29 is 4.74 Å². The molecule has 0 radical (unpaired) electrons. The summed E-state index contributed by atoms with van der Waals surface area (Å²) in [6, 6.07) is 0. The number of rotatable bonds is 6. The average molecular weight is 269 g/mol. The van der Waals surface area contributed by atoms with Gasteiger partial charge in [-0.2, -0.15) is 0 Å². The molecule has 0 aromatic rings. The van der Waals surface area contributed by atoms with E-state index >= 15 is 0 Å². The number of ether oxygens (including phenoxy) is 1. The van der Waals surface area contributed by atoms with Gasteiger partial charge in [-0.1, -0.05) is 34.6 Å². The highest BCUT2D eigenvalue weighted by Gasteiger charge is 2.35. The van der Waals surface area contributed by atoms with Crippen molar-refractivity contribution in [1.29, 1.82) is 0 Å². The molecule has 0 amide bonds. The predicted molar refractivity (Wildman–Crippen MR) is 83.5 cm³/mol. The van der Waals surface area contributed by atoms with Gasteiger partial charge in [0.15, 0.2) is 0 Å². The van der Waals surface area contributed by atoms with E-state index in [4.69, 9.17) is 4.74 Å². The number of hydrogen-bond donors (Lipinski definition) is 1. The van der Waals surface area contributed by atoms with Crippen molar-refractivity contribution in [2.75, 3.05) is 13.1 Å². The van der Waals surface area contributed by atoms with Crippen LogP contribution in [0.1, 0.15) is 67.7 Å². The largest absolute Gasteiger partial charge is 0.372 e. The van der Waals surface area contributed by atoms with Crippen LogP contribution in [-0.4, -0.2) is 24.8 Å². The van der Waals surface area contributed by atoms with E-state index in [2.05, 4.69) is 53.8 Å². The molecule has 2 atom stereocenters. The maximum Gasteiger partial charge on any atom is 0.0631 e. The monoisotopic (exact) mass is 269 g/mol. The fourth-order valence-corrected chi connectivity index (χ4v) is 2.85. The molecule has 114 valence electrons. The quantitative estimate of drug-likeness (QED) is 0.778. The molecule has 0 aromatic carbocycles. The van der Waals surface area contributed by atoms with E-state index < -0.39 is 0 Å². The minimum atomic E-state index is 0.0957. The normalized spacial score (nSPS) is 24.9. The van der Waals surface area contributed by atoms with E-state index in [1.54, 1.807) is 0 Å². The molecule has 2 heteroatoms. The van der Waals surface area contributed by atoms with Crippen LogP contribution < -0.4 is 5.32 Å². The first-order valence-electron chi connectivity index (χ1n) is 7.99. The zero-order valence-electron chi connectivity index (χ0n) is 14.2. The Kier molecular flexibility index (Phi) is 5.88. The molecule has 0 spiro atoms. The van der Waals surface area contributed by atoms with Crippen LogP contribution in [0.3, 0.4) is 0 Å². The molecule has 2 unspecified atom stereocenters. The summed E-state index contributed by atoms with van der Waals surface area (Å²) in [6.07, 6.45) is 4.08. The van der Waals surface area contributed by atoms with Crippen molar-refractivity contribution in [3.63, 3.8) is 0 Å². The lowest BCUT2D eigenvalue weighted by atomic mass is 9.77. The zero-order chi connectivity index (χ0) is 14.7. The van der Waals surface area contributed by atoms with Gasteiger partial charge >= 0.3 is 0 Å². The maximum absolute atomic E-state index is 6.17. The van der Waals surface area contributed by atoms with Gasteiger partial charge in [-0.3, -0.25) is 0 Å². The van der Waals surface area contributed by atoms with Crippen molar-refractivity contribution in [3.05, 3.63) is 0 Å². The van der Waals surface area contributed by atoms with E-state index in [0.717, 1.165) is 19.0 Å². The first kappa shape index (κ1) is 17.0. The van der Waals surface area contributed by atoms with Crippen LogP contribution in [0, 0.1) is 17.3 Å². The smallest absolute Gasteiger partial charge is 0.0631 e. The second kappa shape index (κ2) is 6.58. The zero-order valence-corrected chi connectivity index (χ0v) is 14.2. The highest BCUT2D eigenvalue weighted by atomic mass is 16.5. The molecule has 2 nitrogen and oxygen atoms in total. The van der Waals surface area contributed by atoms with Crippen molar-refractivity contribution in [2.45, 2.75) is 79.4 Å². The van der Waals surface area contributed by atoms with Crippen LogP contribution in [0.2, 0.25) is 0 Å². The van der Waals surface area contributed by atoms with Gasteiger partial charge in [-0.15, -0.1) is 0 Å². The van der Waals surface area contributed by atoms with Gasteiger partial charge in [0.05, 0.1) is 11.7 Å². The Hall–Kier alpha value is -0.0800. The Balaban J connectivity index is 2.47. The summed E-state index contributed by atoms with van der Waals surface area (Å²) in [7, 11) is 0. The minimum Gasteiger partial charge on any atom is -0.372 e. The summed E-state index contributed by atoms with van der Waals surface area (Å²) >= 11 is 0. The van der Waals surface area contributed by atoms with E-state index in [0.29, 0.717) is 17.4 Å². The van der Waals surface area contributed by atoms with Crippen LogP contribution in [0.25, 0.3) is 0 Å². The highest BCUT2D eigenvalue weighted by molar-refractivity contribution is 4.86. The van der Waals surface area contributed by atoms with Gasteiger partial charge in [0.1, 0.15) is 0 Å². The van der Waals surface area contributed by atoms with Crippen molar-refractivity contribution in [3.8, 4) is 0 Å². The second-order valence-electron chi connectivity index (χ2n) is 8.39. The first-order valence-corrected chi connectivity index (χ1v) is 7.99. The molecule has 1 saturated heterocycles. The molecule has 0 bridgehead atoms. The summed E-state index contributed by atoms with van der Waals surface area (Å²) in [5.41, 5.74) is 0.443. The Labute approximate surface area is 120 Å². The topological polar surface area (TPSA) is 21.3 Å². The molecule has 0 saturated carbocycles. The molecule has 1 rings (SSSR count). The Morgan fingerprint density at radius 2 is 1.84 bits per heavy atom. The van der Waals surface area contributed by atoms with Crippen LogP contribution in [0.5, 0.6) is 0 Å². The highest BCUT2D eigenvalue weighted by Crippen LogP contribution is 2.37. The third-order valence-electron chi connectivity index (χ3n) is 4.27. The molecule has 1 N–H and O–H groups in total. The summed E-state index contributed by atoms with van der Waals surface area (Å²) in [5, 5.41) is 3.63. The van der Waals surface area contributed by atoms with Gasteiger partial charge in [0.2, 0.25) is 0 Å². The average Bonchev–Trinajstić information content (AvgIpc) is 2.54. The van der Waals surface area contributed by atoms with Gasteiger partial charge in [-0.25, -0.2) is 0 Å². The standard InChI is InChI=1S/C17H35NO/c1-13(2)11-18-12-14(16(3,4)5)10-15-8-9-17(6,7)19-15/h13-15,18H,8-12H2,1-7H3. The van der Waals surface area contributed by atoms with Gasteiger partial charge < -0.3 is 10.1 Å². The first-order chi connectivity index (χ1) is 8.60. The van der Waals surface area contributed by atoms with E-state index in [1.165, 1.54) is 19.3 Å². The summed E-state index contributed by atoms with van der Waals surface area (Å²) < 4.78 is 6.17. The molecular weight excluding hydrogens is 234 g/mol. The fourth-order valence-electron chi connectivity index (χ4n) is 2.85. The van der Waals surface area contributed by atoms with Crippen molar-refractivity contribution in [1.82, 2.24) is 5.32 Å². The molecule has 1 heterocycles. The third-order valence-corrected chi connectivity index (χ3v) is 4.27. The molecule has 1 aliphatic rings. The molecular formula is C17H35NO. The Bertz CT molecular complexity index is 265. The van der Waals surface area contributed by atoms with Crippen LogP contribution >= 0.6 is 0 Å². The fraction of sp³-hybridized carbons (Fsp3) is 1.00. The summed E-state index contributed by atoms with van der Waals surface area (Å²) in [6.45, 7) is 18.3. The molecule has 0 aromatic heterocycles. The molecule has 1 aliphatic heterocycles. The van der Waals surface area contributed by atoms with Gasteiger partial charge in [0.25, 0.3) is 0 Å². The number of hydrogen-bond acceptors (Lipinski definition) is 2. The minimum absolute atomic E-state index is 0.0957. The summed E-state index contributed by atoms with van der Waals surface area (Å²) in [5.74, 6) is 1.41. The van der Waals surface area contributed by atoms with Crippen molar-refractivity contribution >= 4 is 0 Å². The van der Waals surface area contributed by atoms with E-state index in [9.17, 15) is 0 Å². The van der Waals surface area contributed by atoms with Crippen LogP contribution in [-0.2, 0) is 4.74 Å². The lowest BCUT2D eigenvalue weighted by Gasteiger charge is -2.33. The van der Waals surface area contributed by atoms with Crippen LogP contribution in [0.4, 0.5) is 0 Å². The maximum atomic E-state index is 6.17. The van der Waals surface area contributed by atoms with Crippen molar-refractivity contribution in [2.24, 2.45) is 17.3 Å². The summed E-state index contributed by atoms with van der Waals surface area (Å²) in [4.78, 5) is 0. The van der Waals surface area contributed by atoms with E-state index in [1.807, 2.05) is 0 Å².